The Hall–Kier alpha value is -1.39. The third-order valence-corrected chi connectivity index (χ3v) is 1.04. The molecule has 0 unspecified atom stereocenters. The molecular formula is C6H8N2O3. The third-order valence-electron chi connectivity index (χ3n) is 1.04. The Bertz CT molecular complexity index is 220. The zero-order valence-corrected chi connectivity index (χ0v) is 6.11. The molecule has 0 atom stereocenters. The third kappa shape index (κ3) is 2.37. The van der Waals surface area contributed by atoms with Gasteiger partial charge in [-0.05, 0) is 6.92 Å². The molecule has 0 aliphatic carbocycles. The molecule has 1 aromatic heterocycles. The van der Waals surface area contributed by atoms with Gasteiger partial charge in [-0.3, -0.25) is 4.79 Å². The Balaban J connectivity index is 2.37. The van der Waals surface area contributed by atoms with Gasteiger partial charge in [-0.25, -0.2) is 0 Å². The van der Waals surface area contributed by atoms with Crippen LogP contribution in [0.15, 0.2) is 10.8 Å². The second-order valence-corrected chi connectivity index (χ2v) is 1.88. The molecule has 0 amide bonds. The second-order valence-electron chi connectivity index (χ2n) is 1.88. The van der Waals surface area contributed by atoms with Crippen molar-refractivity contribution in [2.45, 2.75) is 13.3 Å². The van der Waals surface area contributed by atoms with E-state index in [0.717, 1.165) is 0 Å². The predicted octanol–water partition coefficient (Wildman–Crippen LogP) is 0.175. The predicted molar refractivity (Wildman–Crippen MR) is 34.6 cm³/mol. The topological polar surface area (TPSA) is 65.2 Å². The molecule has 11 heavy (non-hydrogen) atoms. The summed E-state index contributed by atoms with van der Waals surface area (Å²) in [5.74, 6) is -0.316. The number of ether oxygens (including phenoxy) is 1. The Morgan fingerprint density at radius 1 is 1.82 bits per heavy atom. The van der Waals surface area contributed by atoms with Gasteiger partial charge in [0.05, 0.1) is 13.0 Å². The average molecular weight is 156 g/mol. The standard InChI is InChI=1S/C6H8N2O3/c1-2-10-6(9)3-5-4-11-8-7-5/h4H,2-3H2,1H3. The largest absolute Gasteiger partial charge is 0.466 e. The number of aromatic nitrogens is 2. The summed E-state index contributed by atoms with van der Waals surface area (Å²) in [6.45, 7) is 2.13. The minimum atomic E-state index is -0.316. The van der Waals surface area contributed by atoms with Crippen LogP contribution in [0.2, 0.25) is 0 Å². The lowest BCUT2D eigenvalue weighted by Crippen LogP contribution is -2.07. The average Bonchev–Trinajstić information content (AvgIpc) is 2.40. The lowest BCUT2D eigenvalue weighted by atomic mass is 10.3. The number of carbonyl (C=O) groups is 1. The lowest BCUT2D eigenvalue weighted by Gasteiger charge is -1.96. The first-order valence-corrected chi connectivity index (χ1v) is 3.24. The molecule has 5 nitrogen and oxygen atoms in total. The van der Waals surface area contributed by atoms with Crippen molar-refractivity contribution in [1.29, 1.82) is 0 Å². The Kier molecular flexibility index (Phi) is 2.59. The summed E-state index contributed by atoms with van der Waals surface area (Å²) >= 11 is 0. The van der Waals surface area contributed by atoms with Gasteiger partial charge in [-0.15, -0.1) is 5.10 Å². The summed E-state index contributed by atoms with van der Waals surface area (Å²) in [6.07, 6.45) is 1.44. The van der Waals surface area contributed by atoms with E-state index < -0.39 is 0 Å². The van der Waals surface area contributed by atoms with Crippen LogP contribution in [-0.2, 0) is 16.0 Å². The summed E-state index contributed by atoms with van der Waals surface area (Å²) in [4.78, 5) is 10.8. The van der Waals surface area contributed by atoms with Gasteiger partial charge in [-0.1, -0.05) is 0 Å². The van der Waals surface area contributed by atoms with E-state index in [1.54, 1.807) is 6.92 Å². The number of carbonyl (C=O) groups excluding carboxylic acids is 1. The van der Waals surface area contributed by atoms with Crippen LogP contribution >= 0.6 is 0 Å². The van der Waals surface area contributed by atoms with Crippen molar-refractivity contribution in [3.8, 4) is 0 Å². The highest BCUT2D eigenvalue weighted by Gasteiger charge is 2.06. The summed E-state index contributed by atoms with van der Waals surface area (Å²) in [5.41, 5.74) is 0.489. The van der Waals surface area contributed by atoms with E-state index in [4.69, 9.17) is 0 Å². The summed E-state index contributed by atoms with van der Waals surface area (Å²) in [7, 11) is 0. The molecule has 0 aliphatic rings. The first-order valence-electron chi connectivity index (χ1n) is 3.24. The van der Waals surface area contributed by atoms with Crippen molar-refractivity contribution >= 4 is 5.97 Å². The second kappa shape index (κ2) is 3.70. The lowest BCUT2D eigenvalue weighted by molar-refractivity contribution is -0.142. The van der Waals surface area contributed by atoms with Crippen LogP contribution in [0, 0.1) is 0 Å². The minimum absolute atomic E-state index is 0.122. The SMILES string of the molecule is CCOC(=O)Cc1conn1. The fraction of sp³-hybridized carbons (Fsp3) is 0.500. The van der Waals surface area contributed by atoms with Gasteiger partial charge in [0.1, 0.15) is 12.0 Å². The van der Waals surface area contributed by atoms with Crippen molar-refractivity contribution in [3.05, 3.63) is 12.0 Å². The molecule has 5 heteroatoms. The van der Waals surface area contributed by atoms with Crippen LogP contribution in [0.1, 0.15) is 12.6 Å². The molecule has 0 aliphatic heterocycles. The smallest absolute Gasteiger partial charge is 0.312 e. The molecule has 0 spiro atoms. The van der Waals surface area contributed by atoms with E-state index in [9.17, 15) is 4.79 Å². The Labute approximate surface area is 63.3 Å². The van der Waals surface area contributed by atoms with Crippen LogP contribution in [0.5, 0.6) is 0 Å². The molecular weight excluding hydrogens is 148 g/mol. The number of hydrogen-bond donors (Lipinski definition) is 0. The van der Waals surface area contributed by atoms with E-state index in [-0.39, 0.29) is 12.4 Å². The fourth-order valence-electron chi connectivity index (χ4n) is 0.621. The van der Waals surface area contributed by atoms with Gasteiger partial charge in [0.15, 0.2) is 0 Å². The maximum atomic E-state index is 10.8. The molecule has 1 rings (SSSR count). The zero-order chi connectivity index (χ0) is 8.10. The van der Waals surface area contributed by atoms with Gasteiger partial charge in [-0.2, -0.15) is 0 Å². The fourth-order valence-corrected chi connectivity index (χ4v) is 0.621. The van der Waals surface area contributed by atoms with E-state index in [1.165, 1.54) is 6.26 Å². The first kappa shape index (κ1) is 7.71. The molecule has 0 radical (unpaired) electrons. The summed E-state index contributed by atoms with van der Waals surface area (Å²) in [5, 5.41) is 6.72. The van der Waals surface area contributed by atoms with E-state index in [2.05, 4.69) is 19.6 Å². The van der Waals surface area contributed by atoms with Gasteiger partial charge < -0.3 is 9.26 Å². The Morgan fingerprint density at radius 2 is 2.64 bits per heavy atom. The summed E-state index contributed by atoms with van der Waals surface area (Å²) < 4.78 is 9.09. The number of nitrogens with zero attached hydrogens (tertiary/aromatic N) is 2. The van der Waals surface area contributed by atoms with Crippen LogP contribution in [0.3, 0.4) is 0 Å². The highest BCUT2D eigenvalue weighted by molar-refractivity contribution is 5.71. The van der Waals surface area contributed by atoms with Crippen LogP contribution in [0.25, 0.3) is 0 Å². The molecule has 0 bridgehead atoms. The monoisotopic (exact) mass is 156 g/mol. The van der Waals surface area contributed by atoms with Crippen molar-refractivity contribution in [1.82, 2.24) is 10.4 Å². The molecule has 0 aromatic carbocycles. The minimum Gasteiger partial charge on any atom is -0.466 e. The molecule has 0 saturated carbocycles. The van der Waals surface area contributed by atoms with Crippen LogP contribution < -0.4 is 0 Å². The van der Waals surface area contributed by atoms with E-state index >= 15 is 0 Å². The highest BCUT2D eigenvalue weighted by atomic mass is 16.5. The number of rotatable bonds is 3. The van der Waals surface area contributed by atoms with Crippen molar-refractivity contribution in [2.24, 2.45) is 0 Å². The molecule has 1 aromatic rings. The normalized spacial score (nSPS) is 9.55. The van der Waals surface area contributed by atoms with Crippen LogP contribution in [0.4, 0.5) is 0 Å². The van der Waals surface area contributed by atoms with Crippen molar-refractivity contribution in [2.75, 3.05) is 6.61 Å². The Morgan fingerprint density at radius 3 is 3.18 bits per heavy atom. The number of hydrogen-bond acceptors (Lipinski definition) is 5. The van der Waals surface area contributed by atoms with Gasteiger partial charge in [0.25, 0.3) is 0 Å². The summed E-state index contributed by atoms with van der Waals surface area (Å²) in [6, 6.07) is 0. The molecule has 1 heterocycles. The molecule has 0 N–H and O–H groups in total. The van der Waals surface area contributed by atoms with Crippen molar-refractivity contribution in [3.63, 3.8) is 0 Å². The van der Waals surface area contributed by atoms with Gasteiger partial charge in [0, 0.05) is 5.27 Å². The van der Waals surface area contributed by atoms with Gasteiger partial charge in [0.2, 0.25) is 0 Å². The van der Waals surface area contributed by atoms with Crippen molar-refractivity contribution < 1.29 is 14.1 Å². The van der Waals surface area contributed by atoms with E-state index in [0.29, 0.717) is 12.3 Å². The highest BCUT2D eigenvalue weighted by Crippen LogP contribution is 1.94. The zero-order valence-electron chi connectivity index (χ0n) is 6.11. The quantitative estimate of drug-likeness (QED) is 0.584. The molecule has 60 valence electrons. The van der Waals surface area contributed by atoms with E-state index in [1.807, 2.05) is 0 Å². The number of esters is 1. The first-order chi connectivity index (χ1) is 5.33. The van der Waals surface area contributed by atoms with Crippen LogP contribution in [-0.4, -0.2) is 22.9 Å². The maximum Gasteiger partial charge on any atom is 0.312 e. The maximum absolute atomic E-state index is 10.8. The van der Waals surface area contributed by atoms with Gasteiger partial charge >= 0.3 is 5.97 Å². The molecule has 0 saturated heterocycles. The molecule has 0 fully saturated rings.